The van der Waals surface area contributed by atoms with Crippen molar-refractivity contribution in [3.63, 3.8) is 0 Å². The first-order valence-electron chi connectivity index (χ1n) is 5.07. The third-order valence-electron chi connectivity index (χ3n) is 2.52. The van der Waals surface area contributed by atoms with E-state index in [1.165, 1.54) is 18.5 Å². The van der Waals surface area contributed by atoms with Gasteiger partial charge in [0.2, 0.25) is 0 Å². The second kappa shape index (κ2) is 3.73. The number of nitrogens with one attached hydrogen (secondary N) is 1. The van der Waals surface area contributed by atoms with Crippen molar-refractivity contribution in [3.8, 4) is 11.4 Å². The summed E-state index contributed by atoms with van der Waals surface area (Å²) in [5, 5.41) is 0. The lowest BCUT2D eigenvalue weighted by molar-refractivity contribution is 0.510. The number of anilines is 1. The van der Waals surface area contributed by atoms with Crippen molar-refractivity contribution in [1.29, 1.82) is 0 Å². The predicted octanol–water partition coefficient (Wildman–Crippen LogP) is 1.88. The molecular weight excluding hydrogens is 240 g/mol. The summed E-state index contributed by atoms with van der Waals surface area (Å²) < 4.78 is 26.7. The minimum Gasteiger partial charge on any atom is -0.382 e. The van der Waals surface area contributed by atoms with Crippen LogP contribution in [-0.4, -0.2) is 19.9 Å². The molecule has 2 aromatic heterocycles. The van der Waals surface area contributed by atoms with E-state index in [-0.39, 0.29) is 17.2 Å². The van der Waals surface area contributed by atoms with Gasteiger partial charge in [-0.1, -0.05) is 6.07 Å². The van der Waals surface area contributed by atoms with Crippen LogP contribution in [0.25, 0.3) is 22.6 Å². The van der Waals surface area contributed by atoms with Crippen LogP contribution in [0.15, 0.2) is 24.5 Å². The maximum absolute atomic E-state index is 13.6. The van der Waals surface area contributed by atoms with Crippen LogP contribution in [0.1, 0.15) is 0 Å². The summed E-state index contributed by atoms with van der Waals surface area (Å²) in [5.74, 6) is -1.54. The molecule has 0 aliphatic rings. The number of hydrogen-bond donors (Lipinski definition) is 2. The van der Waals surface area contributed by atoms with Crippen LogP contribution in [0, 0.1) is 11.6 Å². The van der Waals surface area contributed by atoms with Gasteiger partial charge in [0.05, 0.1) is 5.56 Å². The van der Waals surface area contributed by atoms with Crippen molar-refractivity contribution in [3.05, 3.63) is 36.2 Å². The minimum atomic E-state index is -0.969. The third kappa shape index (κ3) is 1.48. The van der Waals surface area contributed by atoms with Crippen molar-refractivity contribution in [2.45, 2.75) is 0 Å². The van der Waals surface area contributed by atoms with Crippen LogP contribution >= 0.6 is 0 Å². The third-order valence-corrected chi connectivity index (χ3v) is 2.52. The van der Waals surface area contributed by atoms with Gasteiger partial charge >= 0.3 is 0 Å². The second-order valence-electron chi connectivity index (χ2n) is 3.64. The largest absolute Gasteiger partial charge is 0.382 e. The van der Waals surface area contributed by atoms with Crippen molar-refractivity contribution >= 4 is 17.0 Å². The van der Waals surface area contributed by atoms with Gasteiger partial charge in [-0.15, -0.1) is 0 Å². The highest BCUT2D eigenvalue weighted by Gasteiger charge is 2.14. The monoisotopic (exact) mass is 247 g/mol. The van der Waals surface area contributed by atoms with E-state index in [2.05, 4.69) is 19.9 Å². The molecule has 3 aromatic rings. The summed E-state index contributed by atoms with van der Waals surface area (Å²) in [4.78, 5) is 14.5. The molecule has 18 heavy (non-hydrogen) atoms. The number of hydrogen-bond acceptors (Lipinski definition) is 4. The Morgan fingerprint density at radius 2 is 2.00 bits per heavy atom. The number of benzene rings is 1. The van der Waals surface area contributed by atoms with Crippen LogP contribution < -0.4 is 5.73 Å². The smallest absolute Gasteiger partial charge is 0.183 e. The molecule has 0 fully saturated rings. The van der Waals surface area contributed by atoms with Crippen LogP contribution in [0.5, 0.6) is 0 Å². The number of aromatic nitrogens is 4. The van der Waals surface area contributed by atoms with E-state index in [0.717, 1.165) is 6.07 Å². The van der Waals surface area contributed by atoms with Gasteiger partial charge in [0.15, 0.2) is 23.1 Å². The van der Waals surface area contributed by atoms with Gasteiger partial charge in [-0.25, -0.2) is 23.7 Å². The zero-order valence-corrected chi connectivity index (χ0v) is 8.98. The Kier molecular flexibility index (Phi) is 2.19. The maximum Gasteiger partial charge on any atom is 0.183 e. The maximum atomic E-state index is 13.6. The fraction of sp³-hybridized carbons (Fsp3) is 0. The normalized spacial score (nSPS) is 11.0. The van der Waals surface area contributed by atoms with Gasteiger partial charge in [0.1, 0.15) is 17.7 Å². The standard InChI is InChI=1S/C11H7F2N5/c12-6-3-1-2-5(7(6)13)10-17-8-9(14)15-4-16-11(8)18-10/h1-4H,(H3,14,15,16,17,18). The van der Waals surface area contributed by atoms with E-state index in [1.807, 2.05) is 0 Å². The highest BCUT2D eigenvalue weighted by Crippen LogP contribution is 2.24. The molecule has 0 radical (unpaired) electrons. The van der Waals surface area contributed by atoms with E-state index in [9.17, 15) is 8.78 Å². The van der Waals surface area contributed by atoms with Crippen molar-refractivity contribution in [1.82, 2.24) is 19.9 Å². The number of nitrogens with zero attached hydrogens (tertiary/aromatic N) is 3. The number of rotatable bonds is 1. The molecule has 90 valence electrons. The van der Waals surface area contributed by atoms with Gasteiger partial charge in [0, 0.05) is 0 Å². The molecule has 5 nitrogen and oxygen atoms in total. The first kappa shape index (κ1) is 10.6. The predicted molar refractivity (Wildman–Crippen MR) is 61.4 cm³/mol. The number of H-pyrrole nitrogens is 1. The topological polar surface area (TPSA) is 80.5 Å². The Morgan fingerprint density at radius 3 is 2.78 bits per heavy atom. The van der Waals surface area contributed by atoms with E-state index in [1.54, 1.807) is 0 Å². The molecule has 3 N–H and O–H groups in total. The van der Waals surface area contributed by atoms with Crippen LogP contribution in [0.3, 0.4) is 0 Å². The van der Waals surface area contributed by atoms with Gasteiger partial charge < -0.3 is 10.7 Å². The Bertz CT molecular complexity index is 737. The van der Waals surface area contributed by atoms with Gasteiger partial charge in [-0.3, -0.25) is 0 Å². The zero-order valence-electron chi connectivity index (χ0n) is 8.98. The van der Waals surface area contributed by atoms with Crippen molar-refractivity contribution in [2.24, 2.45) is 0 Å². The Morgan fingerprint density at radius 1 is 1.17 bits per heavy atom. The molecule has 0 spiro atoms. The van der Waals surface area contributed by atoms with Gasteiger partial charge in [-0.05, 0) is 12.1 Å². The molecule has 2 heterocycles. The summed E-state index contributed by atoms with van der Waals surface area (Å²) in [6.45, 7) is 0. The van der Waals surface area contributed by atoms with E-state index < -0.39 is 11.6 Å². The molecule has 0 saturated heterocycles. The lowest BCUT2D eigenvalue weighted by atomic mass is 10.2. The molecule has 0 amide bonds. The number of fused-ring (bicyclic) bond motifs is 1. The molecule has 0 aliphatic carbocycles. The first-order valence-corrected chi connectivity index (χ1v) is 5.07. The van der Waals surface area contributed by atoms with Gasteiger partial charge in [0.25, 0.3) is 0 Å². The first-order chi connectivity index (χ1) is 8.66. The molecule has 7 heteroatoms. The van der Waals surface area contributed by atoms with Crippen molar-refractivity contribution in [2.75, 3.05) is 5.73 Å². The highest BCUT2D eigenvalue weighted by molar-refractivity contribution is 5.84. The Hall–Kier alpha value is -2.57. The van der Waals surface area contributed by atoms with E-state index in [4.69, 9.17) is 5.73 Å². The number of nitrogen functional groups attached to an aromatic ring is 1. The fourth-order valence-corrected chi connectivity index (χ4v) is 1.66. The molecule has 0 unspecified atom stereocenters. The van der Waals surface area contributed by atoms with Crippen LogP contribution in [0.2, 0.25) is 0 Å². The summed E-state index contributed by atoms with van der Waals surface area (Å²) in [6, 6.07) is 3.85. The Balaban J connectivity index is 2.26. The molecular formula is C11H7F2N5. The summed E-state index contributed by atoms with van der Waals surface area (Å²) in [6.07, 6.45) is 1.25. The highest BCUT2D eigenvalue weighted by atomic mass is 19.2. The summed E-state index contributed by atoms with van der Waals surface area (Å²) in [5.41, 5.74) is 6.35. The zero-order chi connectivity index (χ0) is 12.7. The van der Waals surface area contributed by atoms with E-state index >= 15 is 0 Å². The number of imidazole rings is 1. The van der Waals surface area contributed by atoms with E-state index in [0.29, 0.717) is 11.2 Å². The summed E-state index contributed by atoms with van der Waals surface area (Å²) in [7, 11) is 0. The average molecular weight is 247 g/mol. The second-order valence-corrected chi connectivity index (χ2v) is 3.64. The molecule has 3 rings (SSSR count). The Labute approximate surface area is 99.7 Å². The molecule has 1 aromatic carbocycles. The van der Waals surface area contributed by atoms with Crippen molar-refractivity contribution < 1.29 is 8.78 Å². The number of aromatic amines is 1. The number of nitrogens with two attached hydrogens (primary N) is 1. The summed E-state index contributed by atoms with van der Waals surface area (Å²) >= 11 is 0. The average Bonchev–Trinajstić information content (AvgIpc) is 2.78. The van der Waals surface area contributed by atoms with Crippen LogP contribution in [-0.2, 0) is 0 Å². The molecule has 0 bridgehead atoms. The molecule has 0 saturated carbocycles. The quantitative estimate of drug-likeness (QED) is 0.688. The van der Waals surface area contributed by atoms with Gasteiger partial charge in [-0.2, -0.15) is 0 Å². The SMILES string of the molecule is Nc1ncnc2nc(-c3cccc(F)c3F)[nH]c12. The van der Waals surface area contributed by atoms with Crippen LogP contribution in [0.4, 0.5) is 14.6 Å². The fourth-order valence-electron chi connectivity index (χ4n) is 1.66. The molecule has 0 atom stereocenters. The molecule has 0 aliphatic heterocycles. The lowest BCUT2D eigenvalue weighted by Crippen LogP contribution is -1.92. The minimum absolute atomic E-state index is 0.0207. The number of halogens is 2. The lowest BCUT2D eigenvalue weighted by Gasteiger charge is -1.99.